The summed E-state index contributed by atoms with van der Waals surface area (Å²) in [5.74, 6) is 0. The van der Waals surface area contributed by atoms with Crippen LogP contribution in [-0.2, 0) is 9.13 Å². The highest BCUT2D eigenvalue weighted by Crippen LogP contribution is 2.33. The van der Waals surface area contributed by atoms with Gasteiger partial charge in [-0.05, 0) is 70.8 Å². The number of rotatable bonds is 7. The highest BCUT2D eigenvalue weighted by molar-refractivity contribution is 7.60. The second kappa shape index (κ2) is 10.6. The number of hydrogen-bond acceptors (Lipinski definition) is 4. The largest absolute Gasteiger partial charge is 0.356 e. The van der Waals surface area contributed by atoms with Crippen molar-refractivity contribution in [3.05, 3.63) is 107 Å². The molecule has 8 nitrogen and oxygen atoms in total. The van der Waals surface area contributed by atoms with Crippen LogP contribution in [0.3, 0.4) is 0 Å². The van der Waals surface area contributed by atoms with E-state index in [0.29, 0.717) is 11.4 Å². The molecule has 4 N–H and O–H groups in total. The predicted octanol–water partition coefficient (Wildman–Crippen LogP) is 4.09. The molecule has 0 aliphatic rings. The van der Waals surface area contributed by atoms with E-state index in [2.05, 4.69) is 9.97 Å². The van der Waals surface area contributed by atoms with E-state index in [1.165, 1.54) is 24.3 Å². The zero-order chi connectivity index (χ0) is 25.8. The monoisotopic (exact) mass is 520 g/mol. The summed E-state index contributed by atoms with van der Waals surface area (Å²) in [5, 5.41) is -0.0481. The maximum Gasteiger partial charge on any atom is 0.356 e. The molecule has 0 fully saturated rings. The molecule has 0 bridgehead atoms. The molecule has 0 aliphatic heterocycles. The minimum Gasteiger partial charge on any atom is -0.321 e. The Kier molecular flexibility index (Phi) is 7.57. The summed E-state index contributed by atoms with van der Waals surface area (Å²) >= 11 is 0. The van der Waals surface area contributed by atoms with Gasteiger partial charge in [0.15, 0.2) is 0 Å². The summed E-state index contributed by atoms with van der Waals surface area (Å²) in [6.45, 7) is 0. The van der Waals surface area contributed by atoms with E-state index >= 15 is 0 Å². The molecule has 36 heavy (non-hydrogen) atoms. The summed E-state index contributed by atoms with van der Waals surface area (Å²) in [5.41, 5.74) is 4.71. The zero-order valence-corrected chi connectivity index (χ0v) is 20.6. The first-order chi connectivity index (χ1) is 17.1. The fraction of sp³-hybridized carbons (Fsp3) is 0. The number of pyridine rings is 2. The van der Waals surface area contributed by atoms with Crippen LogP contribution < -0.4 is 10.6 Å². The predicted molar refractivity (Wildman–Crippen MR) is 142 cm³/mol. The van der Waals surface area contributed by atoms with Gasteiger partial charge in [0.05, 0.1) is 22.0 Å². The Morgan fingerprint density at radius 2 is 0.833 bits per heavy atom. The van der Waals surface area contributed by atoms with Crippen LogP contribution in [-0.4, -0.2) is 29.5 Å². The first-order valence-electron chi connectivity index (χ1n) is 10.7. The van der Waals surface area contributed by atoms with Crippen molar-refractivity contribution in [1.82, 2.24) is 9.97 Å². The maximum absolute atomic E-state index is 11.3. The van der Waals surface area contributed by atoms with Gasteiger partial charge in [-0.25, -0.2) is 0 Å². The van der Waals surface area contributed by atoms with Gasteiger partial charge in [-0.1, -0.05) is 48.6 Å². The molecule has 4 aromatic rings. The van der Waals surface area contributed by atoms with Gasteiger partial charge in [0.2, 0.25) is 0 Å². The lowest BCUT2D eigenvalue weighted by molar-refractivity contribution is 0.385. The van der Waals surface area contributed by atoms with Crippen LogP contribution in [0.5, 0.6) is 0 Å². The molecule has 0 spiro atoms. The van der Waals surface area contributed by atoms with Crippen LogP contribution in [0.2, 0.25) is 0 Å². The van der Waals surface area contributed by atoms with Gasteiger partial charge in [0.25, 0.3) is 0 Å². The van der Waals surface area contributed by atoms with Gasteiger partial charge in [0, 0.05) is 12.4 Å². The molecule has 4 rings (SSSR count). The van der Waals surface area contributed by atoms with Crippen LogP contribution in [0.4, 0.5) is 0 Å². The Bertz CT molecular complexity index is 1400. The third kappa shape index (κ3) is 6.80. The summed E-state index contributed by atoms with van der Waals surface area (Å²) in [6, 6.07) is 19.7. The normalized spacial score (nSPS) is 12.4. The Hall–Kier alpha value is -3.48. The third-order valence-electron chi connectivity index (χ3n) is 5.23. The van der Waals surface area contributed by atoms with Crippen LogP contribution in [0, 0.1) is 0 Å². The molecule has 10 heteroatoms. The van der Waals surface area contributed by atoms with Gasteiger partial charge >= 0.3 is 15.2 Å². The fourth-order valence-corrected chi connectivity index (χ4v) is 4.40. The average Bonchev–Trinajstić information content (AvgIpc) is 2.86. The lowest BCUT2D eigenvalue weighted by Crippen LogP contribution is -2.02. The molecule has 0 aliphatic carbocycles. The number of hydrogen-bond donors (Lipinski definition) is 4. The van der Waals surface area contributed by atoms with E-state index in [9.17, 15) is 28.7 Å². The van der Waals surface area contributed by atoms with E-state index < -0.39 is 15.2 Å². The maximum atomic E-state index is 11.3. The summed E-state index contributed by atoms with van der Waals surface area (Å²) in [4.78, 5) is 45.7. The minimum atomic E-state index is -4.26. The van der Waals surface area contributed by atoms with Gasteiger partial charge in [-0.3, -0.25) is 19.1 Å². The van der Waals surface area contributed by atoms with Gasteiger partial charge < -0.3 is 19.6 Å². The van der Waals surface area contributed by atoms with Gasteiger partial charge in [-0.2, -0.15) is 0 Å². The van der Waals surface area contributed by atoms with E-state index in [1.807, 2.05) is 48.6 Å². The summed E-state index contributed by atoms with van der Waals surface area (Å²) in [7, 11) is -8.53. The Morgan fingerprint density at radius 3 is 1.17 bits per heavy atom. The van der Waals surface area contributed by atoms with Crippen molar-refractivity contribution in [2.75, 3.05) is 0 Å². The van der Waals surface area contributed by atoms with E-state index in [0.717, 1.165) is 22.3 Å². The van der Waals surface area contributed by atoms with Gasteiger partial charge in [-0.15, -0.1) is 0 Å². The second-order valence-corrected chi connectivity index (χ2v) is 11.1. The Labute approximate surface area is 207 Å². The Morgan fingerprint density at radius 1 is 0.500 bits per heavy atom. The van der Waals surface area contributed by atoms with E-state index in [1.54, 1.807) is 36.7 Å². The van der Waals surface area contributed by atoms with Crippen molar-refractivity contribution < 1.29 is 28.7 Å². The summed E-state index contributed by atoms with van der Waals surface area (Å²) in [6.07, 6.45) is 10.8. The standard InChI is InChI=1S/C26H22N2O6P2/c29-35(30,31)23-9-5-19(6-10-23)1-3-21-13-15-27-25(17-21)26-18-22(14-16-28-26)4-2-20-7-11-24(12-8-20)36(32,33)34/h1-18H,(H2,29,30,31)(H2,32,33,34). The number of aromatic nitrogens is 2. The highest BCUT2D eigenvalue weighted by atomic mass is 31.2. The van der Waals surface area contributed by atoms with Crippen molar-refractivity contribution >= 4 is 50.1 Å². The molecule has 0 unspecified atom stereocenters. The molecule has 0 amide bonds. The molecule has 0 atom stereocenters. The molecule has 0 saturated carbocycles. The van der Waals surface area contributed by atoms with Crippen LogP contribution in [0.15, 0.2) is 85.2 Å². The molecular weight excluding hydrogens is 498 g/mol. The molecule has 0 radical (unpaired) electrons. The quantitative estimate of drug-likeness (QED) is 0.267. The zero-order valence-electron chi connectivity index (χ0n) is 18.8. The first-order valence-corrected chi connectivity index (χ1v) is 13.9. The number of nitrogens with zero attached hydrogens (tertiary/aromatic N) is 2. The minimum absolute atomic E-state index is 0.0241. The smallest absolute Gasteiger partial charge is 0.321 e. The van der Waals surface area contributed by atoms with Crippen molar-refractivity contribution in [2.24, 2.45) is 0 Å². The van der Waals surface area contributed by atoms with Crippen LogP contribution in [0.1, 0.15) is 22.3 Å². The van der Waals surface area contributed by atoms with Crippen LogP contribution >= 0.6 is 15.2 Å². The van der Waals surface area contributed by atoms with Gasteiger partial charge in [0.1, 0.15) is 0 Å². The van der Waals surface area contributed by atoms with Crippen molar-refractivity contribution in [2.45, 2.75) is 0 Å². The molecule has 2 heterocycles. The Balaban J connectivity index is 1.50. The molecule has 2 aromatic heterocycles. The SMILES string of the molecule is O=P(O)(O)c1ccc(C=Cc2ccnc(-c3cc(C=Cc4ccc(P(=O)(O)O)cc4)ccn3)c2)cc1. The lowest BCUT2D eigenvalue weighted by atomic mass is 10.1. The first kappa shape index (κ1) is 25.6. The van der Waals surface area contributed by atoms with Crippen molar-refractivity contribution in [1.29, 1.82) is 0 Å². The highest BCUT2D eigenvalue weighted by Gasteiger charge is 2.16. The van der Waals surface area contributed by atoms with Crippen molar-refractivity contribution in [3.8, 4) is 11.4 Å². The molecule has 2 aromatic carbocycles. The number of benzene rings is 2. The van der Waals surface area contributed by atoms with E-state index in [-0.39, 0.29) is 10.6 Å². The molecular formula is C26H22N2O6P2. The fourth-order valence-electron chi connectivity index (χ4n) is 3.33. The van der Waals surface area contributed by atoms with Crippen LogP contribution in [0.25, 0.3) is 35.7 Å². The molecule has 0 saturated heterocycles. The summed E-state index contributed by atoms with van der Waals surface area (Å²) < 4.78 is 22.6. The van der Waals surface area contributed by atoms with E-state index in [4.69, 9.17) is 0 Å². The average molecular weight is 520 g/mol. The molecule has 182 valence electrons. The van der Waals surface area contributed by atoms with Crippen molar-refractivity contribution in [3.63, 3.8) is 0 Å². The second-order valence-electron chi connectivity index (χ2n) is 7.89. The lowest BCUT2D eigenvalue weighted by Gasteiger charge is -2.04. The topological polar surface area (TPSA) is 141 Å². The third-order valence-corrected chi connectivity index (χ3v) is 7.17.